The molecule has 0 heteroatoms. The summed E-state index contributed by atoms with van der Waals surface area (Å²) >= 11 is 0. The molecular formula is C17H30. The number of hydrogen-bond acceptors (Lipinski definition) is 0. The lowest BCUT2D eigenvalue weighted by molar-refractivity contribution is 0.377. The molecular weight excluding hydrogens is 204 g/mol. The Labute approximate surface area is 108 Å². The summed E-state index contributed by atoms with van der Waals surface area (Å²) < 4.78 is 0. The van der Waals surface area contributed by atoms with E-state index in [0.717, 1.165) is 17.8 Å². The quantitative estimate of drug-likeness (QED) is 0.596. The van der Waals surface area contributed by atoms with E-state index >= 15 is 0 Å². The van der Waals surface area contributed by atoms with Crippen LogP contribution in [0.2, 0.25) is 0 Å². The lowest BCUT2D eigenvalue weighted by atomic mass is 9.80. The standard InChI is InChI=1S/C15H24.C2H6/c1-5-13(4)15(11-12(2)3)14-9-7-6-8-10-14;1-2/h6-10,12-13,15H,5,11H2,1-4H3;1-2H3. The minimum absolute atomic E-state index is 0.733. The fourth-order valence-electron chi connectivity index (χ4n) is 2.19. The molecule has 0 aliphatic heterocycles. The van der Waals surface area contributed by atoms with Crippen molar-refractivity contribution in [1.29, 1.82) is 0 Å². The molecule has 1 aromatic rings. The Balaban J connectivity index is 0.00000121. The molecule has 0 N–H and O–H groups in total. The van der Waals surface area contributed by atoms with Crippen molar-refractivity contribution < 1.29 is 0 Å². The Morgan fingerprint density at radius 1 is 0.941 bits per heavy atom. The van der Waals surface area contributed by atoms with E-state index < -0.39 is 0 Å². The highest BCUT2D eigenvalue weighted by Gasteiger charge is 2.18. The normalized spacial score (nSPS) is 13.8. The SMILES string of the molecule is CC.CCC(C)C(CC(C)C)c1ccccc1. The zero-order chi connectivity index (χ0) is 13.3. The number of benzene rings is 1. The van der Waals surface area contributed by atoms with E-state index in [2.05, 4.69) is 58.0 Å². The number of hydrogen-bond donors (Lipinski definition) is 0. The molecule has 98 valence electrons. The second-order valence-electron chi connectivity index (χ2n) is 5.03. The summed E-state index contributed by atoms with van der Waals surface area (Å²) in [5.41, 5.74) is 1.51. The van der Waals surface area contributed by atoms with Gasteiger partial charge in [-0.15, -0.1) is 0 Å². The smallest absolute Gasteiger partial charge is 0.0134 e. The maximum absolute atomic E-state index is 2.38. The Bertz CT molecular complexity index is 261. The molecule has 0 bridgehead atoms. The molecule has 0 spiro atoms. The van der Waals surface area contributed by atoms with Gasteiger partial charge in [-0.25, -0.2) is 0 Å². The predicted molar refractivity (Wildman–Crippen MR) is 79.4 cm³/mol. The first-order valence-electron chi connectivity index (χ1n) is 7.20. The highest BCUT2D eigenvalue weighted by Crippen LogP contribution is 2.32. The van der Waals surface area contributed by atoms with Crippen LogP contribution in [0.25, 0.3) is 0 Å². The molecule has 0 aliphatic carbocycles. The summed E-state index contributed by atoms with van der Waals surface area (Å²) in [7, 11) is 0. The highest BCUT2D eigenvalue weighted by atomic mass is 14.2. The van der Waals surface area contributed by atoms with E-state index in [1.165, 1.54) is 18.4 Å². The molecule has 0 radical (unpaired) electrons. The summed E-state index contributed by atoms with van der Waals surface area (Å²) in [6.45, 7) is 13.3. The molecule has 0 aromatic heterocycles. The first-order valence-corrected chi connectivity index (χ1v) is 7.20. The Kier molecular flexibility index (Phi) is 8.85. The highest BCUT2D eigenvalue weighted by molar-refractivity contribution is 5.20. The first kappa shape index (κ1) is 16.2. The zero-order valence-corrected chi connectivity index (χ0v) is 12.5. The van der Waals surface area contributed by atoms with Crippen molar-refractivity contribution in [1.82, 2.24) is 0 Å². The minimum Gasteiger partial charge on any atom is -0.0683 e. The third-order valence-electron chi connectivity index (χ3n) is 3.28. The molecule has 1 rings (SSSR count). The molecule has 0 saturated heterocycles. The summed E-state index contributed by atoms with van der Waals surface area (Å²) in [5.74, 6) is 2.30. The van der Waals surface area contributed by atoms with E-state index in [0.29, 0.717) is 0 Å². The van der Waals surface area contributed by atoms with Gasteiger partial charge in [0.15, 0.2) is 0 Å². The van der Waals surface area contributed by atoms with Crippen LogP contribution >= 0.6 is 0 Å². The molecule has 0 saturated carbocycles. The van der Waals surface area contributed by atoms with E-state index in [-0.39, 0.29) is 0 Å². The monoisotopic (exact) mass is 234 g/mol. The van der Waals surface area contributed by atoms with Crippen LogP contribution in [0.15, 0.2) is 30.3 Å². The second kappa shape index (κ2) is 9.27. The molecule has 0 nitrogen and oxygen atoms in total. The lowest BCUT2D eigenvalue weighted by Crippen LogP contribution is -2.11. The fraction of sp³-hybridized carbons (Fsp3) is 0.647. The third-order valence-corrected chi connectivity index (χ3v) is 3.28. The van der Waals surface area contributed by atoms with Crippen molar-refractivity contribution >= 4 is 0 Å². The van der Waals surface area contributed by atoms with Crippen molar-refractivity contribution in [3.63, 3.8) is 0 Å². The van der Waals surface area contributed by atoms with Gasteiger partial charge in [-0.2, -0.15) is 0 Å². The topological polar surface area (TPSA) is 0 Å². The average Bonchev–Trinajstić information content (AvgIpc) is 2.38. The van der Waals surface area contributed by atoms with Crippen molar-refractivity contribution in [3.05, 3.63) is 35.9 Å². The molecule has 0 heterocycles. The van der Waals surface area contributed by atoms with Gasteiger partial charge in [-0.05, 0) is 29.7 Å². The van der Waals surface area contributed by atoms with Gasteiger partial charge in [0.25, 0.3) is 0 Å². The van der Waals surface area contributed by atoms with Crippen LogP contribution in [0.1, 0.15) is 65.9 Å². The van der Waals surface area contributed by atoms with Crippen LogP contribution in [-0.2, 0) is 0 Å². The van der Waals surface area contributed by atoms with Gasteiger partial charge < -0.3 is 0 Å². The molecule has 1 aromatic carbocycles. The Morgan fingerprint density at radius 3 is 1.88 bits per heavy atom. The fourth-order valence-corrected chi connectivity index (χ4v) is 2.19. The predicted octanol–water partition coefficient (Wildman–Crippen LogP) is 5.89. The van der Waals surface area contributed by atoms with Crippen molar-refractivity contribution in [2.45, 2.75) is 60.3 Å². The molecule has 0 fully saturated rings. The van der Waals surface area contributed by atoms with Gasteiger partial charge in [0.2, 0.25) is 0 Å². The van der Waals surface area contributed by atoms with Gasteiger partial charge in [0.1, 0.15) is 0 Å². The molecule has 17 heavy (non-hydrogen) atoms. The Morgan fingerprint density at radius 2 is 1.47 bits per heavy atom. The van der Waals surface area contributed by atoms with Crippen molar-refractivity contribution in [2.75, 3.05) is 0 Å². The lowest BCUT2D eigenvalue weighted by Gasteiger charge is -2.25. The minimum atomic E-state index is 0.733. The van der Waals surface area contributed by atoms with Crippen LogP contribution in [0.5, 0.6) is 0 Å². The van der Waals surface area contributed by atoms with Crippen LogP contribution in [0.3, 0.4) is 0 Å². The maximum atomic E-state index is 2.38. The summed E-state index contributed by atoms with van der Waals surface area (Å²) in [4.78, 5) is 0. The average molecular weight is 234 g/mol. The molecule has 2 atom stereocenters. The second-order valence-corrected chi connectivity index (χ2v) is 5.03. The van der Waals surface area contributed by atoms with E-state index in [9.17, 15) is 0 Å². The molecule has 0 aliphatic rings. The summed E-state index contributed by atoms with van der Waals surface area (Å²) in [6, 6.07) is 11.0. The van der Waals surface area contributed by atoms with Crippen LogP contribution in [-0.4, -0.2) is 0 Å². The third kappa shape index (κ3) is 5.91. The summed E-state index contributed by atoms with van der Waals surface area (Å²) in [6.07, 6.45) is 2.57. The number of rotatable bonds is 5. The van der Waals surface area contributed by atoms with Gasteiger partial charge in [0, 0.05) is 0 Å². The van der Waals surface area contributed by atoms with Crippen molar-refractivity contribution in [2.24, 2.45) is 11.8 Å². The van der Waals surface area contributed by atoms with Crippen molar-refractivity contribution in [3.8, 4) is 0 Å². The van der Waals surface area contributed by atoms with E-state index in [1.54, 1.807) is 0 Å². The van der Waals surface area contributed by atoms with Crippen LogP contribution in [0.4, 0.5) is 0 Å². The molecule has 2 unspecified atom stereocenters. The van der Waals surface area contributed by atoms with Crippen LogP contribution in [0, 0.1) is 11.8 Å². The van der Waals surface area contributed by atoms with Gasteiger partial charge in [0.05, 0.1) is 0 Å². The summed E-state index contributed by atoms with van der Waals surface area (Å²) in [5, 5.41) is 0. The first-order chi connectivity index (χ1) is 8.15. The van der Waals surface area contributed by atoms with E-state index in [1.807, 2.05) is 13.8 Å². The zero-order valence-electron chi connectivity index (χ0n) is 12.5. The van der Waals surface area contributed by atoms with Crippen LogP contribution < -0.4 is 0 Å². The maximum Gasteiger partial charge on any atom is -0.0134 e. The largest absolute Gasteiger partial charge is 0.0683 e. The molecule has 0 amide bonds. The Hall–Kier alpha value is -0.780. The van der Waals surface area contributed by atoms with Gasteiger partial charge >= 0.3 is 0 Å². The van der Waals surface area contributed by atoms with Gasteiger partial charge in [-0.1, -0.05) is 78.3 Å². The van der Waals surface area contributed by atoms with Gasteiger partial charge in [-0.3, -0.25) is 0 Å². The van der Waals surface area contributed by atoms with E-state index in [4.69, 9.17) is 0 Å².